The topological polar surface area (TPSA) is 66.3 Å². The van der Waals surface area contributed by atoms with Crippen molar-refractivity contribution >= 4 is 23.3 Å². The van der Waals surface area contributed by atoms with Crippen LogP contribution in [-0.2, 0) is 18.9 Å². The largest absolute Gasteiger partial charge is 0.416 e. The molecule has 214 valence electrons. The molecule has 1 N–H and O–H groups in total. The lowest BCUT2D eigenvalue weighted by Gasteiger charge is -2.31. The van der Waals surface area contributed by atoms with Crippen LogP contribution in [0.1, 0.15) is 51.6 Å². The molecule has 0 radical (unpaired) electrons. The molecule has 0 bridgehead atoms. The molecule has 1 atom stereocenters. The molecular weight excluding hydrogens is 562 g/mol. The summed E-state index contributed by atoms with van der Waals surface area (Å²) in [4.78, 5) is 17.3. The van der Waals surface area contributed by atoms with Crippen molar-refractivity contribution in [3.8, 4) is 0 Å². The molecule has 3 heterocycles. The molecular formula is C26H25ClF6N6O. The zero-order valence-electron chi connectivity index (χ0n) is 21.1. The number of nitrogens with one attached hydrogen (secondary N) is 1. The van der Waals surface area contributed by atoms with Crippen LogP contribution in [0.15, 0.2) is 42.5 Å². The maximum atomic E-state index is 13.9. The van der Waals surface area contributed by atoms with E-state index >= 15 is 0 Å². The van der Waals surface area contributed by atoms with E-state index in [1.165, 1.54) is 4.68 Å². The minimum Gasteiger partial charge on any atom is -0.352 e. The molecule has 40 heavy (non-hydrogen) atoms. The molecule has 7 nitrogen and oxygen atoms in total. The third kappa shape index (κ3) is 5.75. The van der Waals surface area contributed by atoms with Gasteiger partial charge in [-0.25, -0.2) is 4.68 Å². The fraction of sp³-hybridized carbons (Fsp3) is 0.423. The van der Waals surface area contributed by atoms with Crippen LogP contribution < -0.4 is 10.2 Å². The van der Waals surface area contributed by atoms with Gasteiger partial charge in [0.05, 0.1) is 23.7 Å². The van der Waals surface area contributed by atoms with Crippen LogP contribution in [-0.4, -0.2) is 58.5 Å². The van der Waals surface area contributed by atoms with Crippen LogP contribution >= 0.6 is 11.6 Å². The summed E-state index contributed by atoms with van der Waals surface area (Å²) in [6.45, 7) is 2.00. The molecule has 14 heteroatoms. The lowest BCUT2D eigenvalue weighted by molar-refractivity contribution is -0.143. The first-order valence-electron chi connectivity index (χ1n) is 12.7. The van der Waals surface area contributed by atoms with E-state index in [0.717, 1.165) is 12.0 Å². The number of anilines is 1. The number of carbonyl (C=O) groups is 1. The smallest absolute Gasteiger partial charge is 0.352 e. The Morgan fingerprint density at radius 1 is 0.975 bits per heavy atom. The van der Waals surface area contributed by atoms with Gasteiger partial charge >= 0.3 is 12.4 Å². The third-order valence-electron chi connectivity index (χ3n) is 7.09. The van der Waals surface area contributed by atoms with Gasteiger partial charge in [-0.3, -0.25) is 4.79 Å². The molecule has 2 aliphatic rings. The number of aromatic nitrogens is 3. The summed E-state index contributed by atoms with van der Waals surface area (Å²) in [5.74, 6) is -0.176. The van der Waals surface area contributed by atoms with Gasteiger partial charge in [0.25, 0.3) is 5.91 Å². The highest BCUT2D eigenvalue weighted by Crippen LogP contribution is 2.39. The molecule has 2 saturated heterocycles. The minimum atomic E-state index is -4.98. The Bertz CT molecular complexity index is 1350. The Labute approximate surface area is 230 Å². The highest BCUT2D eigenvalue weighted by Gasteiger charge is 2.38. The fourth-order valence-corrected chi connectivity index (χ4v) is 5.50. The quantitative estimate of drug-likeness (QED) is 0.406. The maximum Gasteiger partial charge on any atom is 0.416 e. The number of benzene rings is 2. The zero-order valence-corrected chi connectivity index (χ0v) is 21.8. The molecule has 5 rings (SSSR count). The van der Waals surface area contributed by atoms with Crippen molar-refractivity contribution < 1.29 is 31.1 Å². The standard InChI is InChI=1S/C26H25ClF6N6O/c27-20-5-2-1-4-19(20)21-6-3-9-38(21)24(40)22-23(37-10-7-34-8-11-37)39(36-35-22)15-16-12-17(25(28,29)30)14-18(13-16)26(31,32)33/h1-2,4-5,12-14,21,34H,3,6-11,15H2/t21-/m1/s1. The van der Waals surface area contributed by atoms with Crippen LogP contribution in [0.25, 0.3) is 0 Å². The Kier molecular flexibility index (Phi) is 7.71. The lowest BCUT2D eigenvalue weighted by atomic mass is 10.0. The fourth-order valence-electron chi connectivity index (χ4n) is 5.24. The van der Waals surface area contributed by atoms with E-state index < -0.39 is 35.9 Å². The predicted octanol–water partition coefficient (Wildman–Crippen LogP) is 5.40. The number of alkyl halides is 6. The van der Waals surface area contributed by atoms with E-state index in [1.54, 1.807) is 17.0 Å². The molecule has 0 spiro atoms. The monoisotopic (exact) mass is 586 g/mol. The van der Waals surface area contributed by atoms with Crippen molar-refractivity contribution in [3.63, 3.8) is 0 Å². The van der Waals surface area contributed by atoms with Crippen LogP contribution in [0.4, 0.5) is 32.2 Å². The molecule has 0 aliphatic carbocycles. The first kappa shape index (κ1) is 28.2. The van der Waals surface area contributed by atoms with Gasteiger partial charge in [-0.05, 0) is 48.2 Å². The second-order valence-electron chi connectivity index (χ2n) is 9.75. The van der Waals surface area contributed by atoms with E-state index in [2.05, 4.69) is 15.6 Å². The molecule has 2 aromatic carbocycles. The molecule has 2 fully saturated rings. The molecule has 3 aromatic rings. The molecule has 1 amide bonds. The lowest BCUT2D eigenvalue weighted by Crippen LogP contribution is -2.45. The van der Waals surface area contributed by atoms with Crippen LogP contribution in [0.5, 0.6) is 0 Å². The van der Waals surface area contributed by atoms with Crippen LogP contribution in [0.2, 0.25) is 5.02 Å². The summed E-state index contributed by atoms with van der Waals surface area (Å²) < 4.78 is 81.9. The molecule has 0 saturated carbocycles. The van der Waals surface area contributed by atoms with Gasteiger partial charge in [-0.2, -0.15) is 26.3 Å². The van der Waals surface area contributed by atoms with Crippen molar-refractivity contribution in [1.29, 1.82) is 0 Å². The van der Waals surface area contributed by atoms with E-state index in [0.29, 0.717) is 56.3 Å². The third-order valence-corrected chi connectivity index (χ3v) is 7.43. The number of amides is 1. The second kappa shape index (κ2) is 10.9. The number of likely N-dealkylation sites (tertiary alicyclic amines) is 1. The van der Waals surface area contributed by atoms with E-state index in [4.69, 9.17) is 11.6 Å². The summed E-state index contributed by atoms with van der Waals surface area (Å²) in [6, 6.07) is 8.30. The van der Waals surface area contributed by atoms with E-state index in [9.17, 15) is 31.1 Å². The van der Waals surface area contributed by atoms with Crippen molar-refractivity contribution in [2.24, 2.45) is 0 Å². The first-order valence-corrected chi connectivity index (χ1v) is 13.0. The van der Waals surface area contributed by atoms with Crippen LogP contribution in [0, 0.1) is 0 Å². The first-order chi connectivity index (χ1) is 18.9. The van der Waals surface area contributed by atoms with E-state index in [-0.39, 0.29) is 29.2 Å². The second-order valence-corrected chi connectivity index (χ2v) is 10.2. The predicted molar refractivity (Wildman–Crippen MR) is 135 cm³/mol. The van der Waals surface area contributed by atoms with Gasteiger partial charge < -0.3 is 15.1 Å². The number of carbonyl (C=O) groups excluding carboxylic acids is 1. The average Bonchev–Trinajstić information content (AvgIpc) is 3.56. The van der Waals surface area contributed by atoms with Gasteiger partial charge in [-0.1, -0.05) is 35.0 Å². The van der Waals surface area contributed by atoms with Gasteiger partial charge in [0.2, 0.25) is 0 Å². The summed E-state index contributed by atoms with van der Waals surface area (Å²) in [5, 5.41) is 11.9. The number of rotatable bonds is 5. The number of nitrogens with zero attached hydrogens (tertiary/aromatic N) is 5. The van der Waals surface area contributed by atoms with Gasteiger partial charge in [0.15, 0.2) is 11.5 Å². The molecule has 0 unspecified atom stereocenters. The summed E-state index contributed by atoms with van der Waals surface area (Å²) >= 11 is 6.41. The van der Waals surface area contributed by atoms with Gasteiger partial charge in [0.1, 0.15) is 0 Å². The number of piperazine rings is 1. The normalized spacial score (nSPS) is 18.4. The average molecular weight is 587 g/mol. The van der Waals surface area contributed by atoms with Gasteiger partial charge in [-0.15, -0.1) is 5.10 Å². The Balaban J connectivity index is 1.54. The van der Waals surface area contributed by atoms with Crippen molar-refractivity contribution in [3.05, 3.63) is 75.4 Å². The minimum absolute atomic E-state index is 0.0103. The van der Waals surface area contributed by atoms with Crippen molar-refractivity contribution in [1.82, 2.24) is 25.2 Å². The van der Waals surface area contributed by atoms with Crippen molar-refractivity contribution in [2.75, 3.05) is 37.6 Å². The Hall–Kier alpha value is -3.32. The van der Waals surface area contributed by atoms with Crippen LogP contribution in [0.3, 0.4) is 0 Å². The summed E-state index contributed by atoms with van der Waals surface area (Å²) in [5.41, 5.74) is -2.33. The zero-order chi connectivity index (χ0) is 28.7. The molecule has 2 aliphatic heterocycles. The Morgan fingerprint density at radius 3 is 2.25 bits per heavy atom. The summed E-state index contributed by atoms with van der Waals surface area (Å²) in [7, 11) is 0. The van der Waals surface area contributed by atoms with Gasteiger partial charge in [0, 0.05) is 37.7 Å². The highest BCUT2D eigenvalue weighted by molar-refractivity contribution is 6.31. The maximum absolute atomic E-state index is 13.9. The van der Waals surface area contributed by atoms with E-state index in [1.807, 2.05) is 17.0 Å². The Morgan fingerprint density at radius 2 is 1.62 bits per heavy atom. The van der Waals surface area contributed by atoms with Crippen molar-refractivity contribution in [2.45, 2.75) is 37.8 Å². The number of hydrogen-bond acceptors (Lipinski definition) is 5. The SMILES string of the molecule is O=C(c1nnn(Cc2cc(C(F)(F)F)cc(C(F)(F)F)c2)c1N1CCNCC1)N1CCC[C@@H]1c1ccccc1Cl. The number of hydrogen-bond donors (Lipinski definition) is 1. The molecule has 1 aromatic heterocycles. The summed E-state index contributed by atoms with van der Waals surface area (Å²) in [6.07, 6.45) is -8.56. The highest BCUT2D eigenvalue weighted by atomic mass is 35.5. The number of halogens is 7.